The van der Waals surface area contributed by atoms with Crippen molar-refractivity contribution in [2.24, 2.45) is 23.7 Å². The van der Waals surface area contributed by atoms with Gasteiger partial charge in [0.1, 0.15) is 0 Å². The molecular formula is C12H24Si. The smallest absolute Gasteiger partial charge is 0.0169 e. The molecule has 0 heterocycles. The van der Waals surface area contributed by atoms with E-state index in [4.69, 9.17) is 0 Å². The molecule has 0 saturated heterocycles. The summed E-state index contributed by atoms with van der Waals surface area (Å²) in [5.41, 5.74) is 0. The summed E-state index contributed by atoms with van der Waals surface area (Å²) in [7, 11) is 0.331. The fraction of sp³-hybridized carbons (Fsp3) is 1.00. The summed E-state index contributed by atoms with van der Waals surface area (Å²) in [6.07, 6.45) is 7.76. The van der Waals surface area contributed by atoms with E-state index in [1.54, 1.807) is 18.9 Å². The van der Waals surface area contributed by atoms with Gasteiger partial charge >= 0.3 is 0 Å². The van der Waals surface area contributed by atoms with E-state index >= 15 is 0 Å². The Morgan fingerprint density at radius 3 is 2.69 bits per heavy atom. The third-order valence-corrected chi connectivity index (χ3v) is 5.89. The van der Waals surface area contributed by atoms with Crippen molar-refractivity contribution < 1.29 is 0 Å². The van der Waals surface area contributed by atoms with Crippen molar-refractivity contribution in [1.29, 1.82) is 0 Å². The molecule has 13 heavy (non-hydrogen) atoms. The van der Waals surface area contributed by atoms with Gasteiger partial charge in [0.15, 0.2) is 0 Å². The van der Waals surface area contributed by atoms with Gasteiger partial charge in [-0.05, 0) is 36.5 Å². The van der Waals surface area contributed by atoms with Gasteiger partial charge in [-0.3, -0.25) is 0 Å². The maximum atomic E-state index is 2.50. The van der Waals surface area contributed by atoms with E-state index in [9.17, 15) is 0 Å². The van der Waals surface area contributed by atoms with Gasteiger partial charge < -0.3 is 0 Å². The van der Waals surface area contributed by atoms with Crippen LogP contribution in [0.15, 0.2) is 0 Å². The first-order valence-electron chi connectivity index (χ1n) is 6.33. The van der Waals surface area contributed by atoms with Crippen LogP contribution in [0, 0.1) is 23.7 Å². The third-order valence-electron chi connectivity index (χ3n) is 4.57. The summed E-state index contributed by atoms with van der Waals surface area (Å²) in [6.45, 7) is 4.98. The second-order valence-corrected chi connectivity index (χ2v) is 6.95. The van der Waals surface area contributed by atoms with Crippen LogP contribution in [0.2, 0.25) is 12.6 Å². The third kappa shape index (κ3) is 1.86. The average molecular weight is 196 g/mol. The van der Waals surface area contributed by atoms with Gasteiger partial charge in [0, 0.05) is 9.52 Å². The van der Waals surface area contributed by atoms with Crippen LogP contribution in [0.5, 0.6) is 0 Å². The van der Waals surface area contributed by atoms with E-state index < -0.39 is 0 Å². The first kappa shape index (κ1) is 9.76. The lowest BCUT2D eigenvalue weighted by Crippen LogP contribution is -2.39. The van der Waals surface area contributed by atoms with Gasteiger partial charge in [-0.2, -0.15) is 0 Å². The molecule has 2 fully saturated rings. The van der Waals surface area contributed by atoms with Crippen molar-refractivity contribution >= 4 is 9.52 Å². The largest absolute Gasteiger partial charge is 0.0748 e. The lowest BCUT2D eigenvalue weighted by Gasteiger charge is -2.47. The molecule has 0 bridgehead atoms. The van der Waals surface area contributed by atoms with Crippen molar-refractivity contribution in [3.63, 3.8) is 0 Å². The summed E-state index contributed by atoms with van der Waals surface area (Å²) < 4.78 is 0. The summed E-state index contributed by atoms with van der Waals surface area (Å²) in [5, 5.41) is 0. The Morgan fingerprint density at radius 1 is 1.15 bits per heavy atom. The lowest BCUT2D eigenvalue weighted by atomic mass is 9.60. The molecular weight excluding hydrogens is 172 g/mol. The molecule has 4 unspecified atom stereocenters. The minimum atomic E-state index is 0.331. The van der Waals surface area contributed by atoms with Gasteiger partial charge in [0.05, 0.1) is 0 Å². The highest BCUT2D eigenvalue weighted by atomic mass is 28.2. The summed E-state index contributed by atoms with van der Waals surface area (Å²) in [4.78, 5) is 0. The second-order valence-electron chi connectivity index (χ2n) is 5.37. The van der Waals surface area contributed by atoms with Crippen LogP contribution in [-0.2, 0) is 0 Å². The highest BCUT2D eigenvalue weighted by Gasteiger charge is 2.42. The quantitative estimate of drug-likeness (QED) is 0.595. The molecule has 1 heteroatoms. The Hall–Kier alpha value is 0.217. The normalized spacial score (nSPS) is 45.7. The Morgan fingerprint density at radius 2 is 1.92 bits per heavy atom. The predicted octanol–water partition coefficient (Wildman–Crippen LogP) is 3.08. The molecule has 0 aromatic carbocycles. The molecule has 0 radical (unpaired) electrons. The van der Waals surface area contributed by atoms with E-state index in [0.29, 0.717) is 9.52 Å². The number of hydrogen-bond acceptors (Lipinski definition) is 0. The van der Waals surface area contributed by atoms with Gasteiger partial charge in [-0.1, -0.05) is 38.8 Å². The van der Waals surface area contributed by atoms with Crippen LogP contribution in [0.1, 0.15) is 39.0 Å². The van der Waals surface area contributed by atoms with Crippen LogP contribution in [0.3, 0.4) is 0 Å². The van der Waals surface area contributed by atoms with Gasteiger partial charge in [-0.25, -0.2) is 0 Å². The molecule has 0 aromatic rings. The van der Waals surface area contributed by atoms with Crippen molar-refractivity contribution in [3.05, 3.63) is 0 Å². The highest BCUT2D eigenvalue weighted by Crippen LogP contribution is 2.51. The lowest BCUT2D eigenvalue weighted by molar-refractivity contribution is 0.0434. The van der Waals surface area contributed by atoms with E-state index in [1.165, 1.54) is 31.1 Å². The minimum absolute atomic E-state index is 0.331. The number of hydrogen-bond donors (Lipinski definition) is 0. The maximum Gasteiger partial charge on any atom is 0.0169 e. The summed E-state index contributed by atoms with van der Waals surface area (Å²) in [5.74, 6) is 4.56. The average Bonchev–Trinajstić information content (AvgIpc) is 2.22. The standard InChI is InChI=1S/C12H24Si/c1-9-5-3-4-6-11-10(8-13-2)7-12(9)11/h9-12H,3-8,13H2,1-2H3. The molecule has 0 aromatic heterocycles. The fourth-order valence-corrected chi connectivity index (χ4v) is 5.13. The van der Waals surface area contributed by atoms with Crippen molar-refractivity contribution in [1.82, 2.24) is 0 Å². The van der Waals surface area contributed by atoms with E-state index in [2.05, 4.69) is 13.5 Å². The van der Waals surface area contributed by atoms with Crippen LogP contribution in [-0.4, -0.2) is 9.52 Å². The molecule has 0 amide bonds. The van der Waals surface area contributed by atoms with Crippen molar-refractivity contribution in [2.45, 2.75) is 51.6 Å². The van der Waals surface area contributed by atoms with Gasteiger partial charge in [0.2, 0.25) is 0 Å². The minimum Gasteiger partial charge on any atom is -0.0748 e. The van der Waals surface area contributed by atoms with Crippen LogP contribution in [0.25, 0.3) is 0 Å². The summed E-state index contributed by atoms with van der Waals surface area (Å²) >= 11 is 0. The first-order valence-corrected chi connectivity index (χ1v) is 8.74. The van der Waals surface area contributed by atoms with Crippen LogP contribution in [0.4, 0.5) is 0 Å². The van der Waals surface area contributed by atoms with Gasteiger partial charge in [-0.15, -0.1) is 0 Å². The SMILES string of the molecule is C[SiH2]CC1CC2C(C)CCCCC12. The van der Waals surface area contributed by atoms with E-state index in [-0.39, 0.29) is 0 Å². The van der Waals surface area contributed by atoms with Crippen molar-refractivity contribution in [3.8, 4) is 0 Å². The van der Waals surface area contributed by atoms with E-state index in [1.807, 2.05) is 0 Å². The second kappa shape index (κ2) is 4.16. The Balaban J connectivity index is 1.91. The Bertz CT molecular complexity index is 167. The zero-order valence-electron chi connectivity index (χ0n) is 9.26. The highest BCUT2D eigenvalue weighted by molar-refractivity contribution is 6.33. The number of rotatable bonds is 2. The zero-order valence-corrected chi connectivity index (χ0v) is 10.7. The molecule has 76 valence electrons. The molecule has 0 spiro atoms. The zero-order chi connectivity index (χ0) is 9.26. The molecule has 2 aliphatic rings. The molecule has 0 aliphatic heterocycles. The fourth-order valence-electron chi connectivity index (χ4n) is 3.72. The van der Waals surface area contributed by atoms with Gasteiger partial charge in [0.25, 0.3) is 0 Å². The monoisotopic (exact) mass is 196 g/mol. The topological polar surface area (TPSA) is 0 Å². The first-order chi connectivity index (χ1) is 6.33. The van der Waals surface area contributed by atoms with E-state index in [0.717, 1.165) is 11.8 Å². The maximum absolute atomic E-state index is 2.50. The molecule has 2 aliphatic carbocycles. The summed E-state index contributed by atoms with van der Waals surface area (Å²) in [6, 6.07) is 1.65. The van der Waals surface area contributed by atoms with Crippen molar-refractivity contribution in [2.75, 3.05) is 0 Å². The molecule has 0 nitrogen and oxygen atoms in total. The van der Waals surface area contributed by atoms with Crippen LogP contribution < -0.4 is 0 Å². The molecule has 2 rings (SSSR count). The number of fused-ring (bicyclic) bond motifs is 1. The molecule has 0 N–H and O–H groups in total. The predicted molar refractivity (Wildman–Crippen MR) is 61.9 cm³/mol. The van der Waals surface area contributed by atoms with Crippen LogP contribution >= 0.6 is 0 Å². The molecule has 2 saturated carbocycles. The Labute approximate surface area is 85.3 Å². The molecule has 4 atom stereocenters. The Kier molecular flexibility index (Phi) is 3.12.